The number of unbranched alkanes of at least 4 members (excludes halogenated alkanes) is 1. The smallest absolute Gasteiger partial charge is 0.255 e. The summed E-state index contributed by atoms with van der Waals surface area (Å²) in [6.45, 7) is 6.50. The van der Waals surface area contributed by atoms with Gasteiger partial charge in [-0.15, -0.1) is 0 Å². The molecular formula is C19H29ClN2O5S2. The normalized spacial score (nSPS) is 18.9. The zero-order chi connectivity index (χ0) is 21.8. The van der Waals surface area contributed by atoms with E-state index in [1.807, 2.05) is 6.92 Å². The average molecular weight is 465 g/mol. The van der Waals surface area contributed by atoms with Gasteiger partial charge >= 0.3 is 0 Å². The van der Waals surface area contributed by atoms with Crippen LogP contribution in [0.3, 0.4) is 0 Å². The van der Waals surface area contributed by atoms with Gasteiger partial charge in [-0.05, 0) is 31.0 Å². The number of benzene rings is 1. The molecule has 7 nitrogen and oxygen atoms in total. The molecule has 1 aliphatic rings. The van der Waals surface area contributed by atoms with Gasteiger partial charge in [0.2, 0.25) is 10.0 Å². The van der Waals surface area contributed by atoms with Gasteiger partial charge in [0.15, 0.2) is 9.84 Å². The molecule has 1 heterocycles. The van der Waals surface area contributed by atoms with Crippen LogP contribution < -0.4 is 0 Å². The van der Waals surface area contributed by atoms with Crippen LogP contribution >= 0.6 is 11.6 Å². The first-order valence-corrected chi connectivity index (χ1v) is 13.5. The van der Waals surface area contributed by atoms with E-state index < -0.39 is 31.8 Å². The molecule has 0 aromatic heterocycles. The van der Waals surface area contributed by atoms with E-state index >= 15 is 0 Å². The van der Waals surface area contributed by atoms with Crippen molar-refractivity contribution in [2.45, 2.75) is 51.0 Å². The molecule has 1 amide bonds. The molecule has 164 valence electrons. The number of carbonyl (C=O) groups is 1. The molecule has 29 heavy (non-hydrogen) atoms. The summed E-state index contributed by atoms with van der Waals surface area (Å²) in [5, 5.41) is 0.149. The molecule has 1 unspecified atom stereocenters. The summed E-state index contributed by atoms with van der Waals surface area (Å²) >= 11 is 6.26. The summed E-state index contributed by atoms with van der Waals surface area (Å²) in [6, 6.07) is 3.69. The topological polar surface area (TPSA) is 91.8 Å². The third-order valence-corrected chi connectivity index (χ3v) is 9.30. The molecule has 1 aromatic carbocycles. The molecule has 1 aliphatic heterocycles. The first kappa shape index (κ1) is 24.1. The molecule has 0 spiro atoms. The molecule has 0 N–H and O–H groups in total. The maximum absolute atomic E-state index is 13.3. The number of halogens is 1. The zero-order valence-electron chi connectivity index (χ0n) is 17.1. The van der Waals surface area contributed by atoms with Crippen LogP contribution in [0.2, 0.25) is 5.02 Å². The minimum Gasteiger partial charge on any atom is -0.335 e. The molecule has 0 aliphatic carbocycles. The highest BCUT2D eigenvalue weighted by Crippen LogP contribution is 2.27. The molecule has 2 rings (SSSR count). The van der Waals surface area contributed by atoms with Gasteiger partial charge in [-0.25, -0.2) is 16.8 Å². The van der Waals surface area contributed by atoms with Crippen molar-refractivity contribution in [3.05, 3.63) is 28.8 Å². The Kier molecular flexibility index (Phi) is 8.12. The Morgan fingerprint density at radius 3 is 2.38 bits per heavy atom. The summed E-state index contributed by atoms with van der Waals surface area (Å²) in [7, 11) is -6.92. The number of carbonyl (C=O) groups excluding carboxylic acids is 1. The van der Waals surface area contributed by atoms with Crippen LogP contribution in [-0.4, -0.2) is 69.1 Å². The van der Waals surface area contributed by atoms with Crippen molar-refractivity contribution in [1.82, 2.24) is 9.21 Å². The largest absolute Gasteiger partial charge is 0.335 e. The molecule has 0 radical (unpaired) electrons. The lowest BCUT2D eigenvalue weighted by Crippen LogP contribution is -2.42. The third-order valence-electron chi connectivity index (χ3n) is 5.17. The fourth-order valence-corrected chi connectivity index (χ4v) is 6.91. The van der Waals surface area contributed by atoms with Crippen molar-refractivity contribution in [3.63, 3.8) is 0 Å². The van der Waals surface area contributed by atoms with Crippen LogP contribution in [0.4, 0.5) is 0 Å². The molecule has 0 saturated carbocycles. The first-order valence-electron chi connectivity index (χ1n) is 9.88. The lowest BCUT2D eigenvalue weighted by Gasteiger charge is -2.29. The summed E-state index contributed by atoms with van der Waals surface area (Å²) in [5.74, 6) is -0.447. The number of sulfonamides is 1. The molecule has 1 aromatic rings. The highest BCUT2D eigenvalue weighted by Gasteiger charge is 2.35. The van der Waals surface area contributed by atoms with Crippen LogP contribution in [0.25, 0.3) is 0 Å². The summed E-state index contributed by atoms with van der Waals surface area (Å²) in [5.41, 5.74) is 0.0836. The van der Waals surface area contributed by atoms with Gasteiger partial charge in [0.1, 0.15) is 0 Å². The summed E-state index contributed by atoms with van der Waals surface area (Å²) < 4.78 is 50.8. The highest BCUT2D eigenvalue weighted by molar-refractivity contribution is 7.91. The molecule has 1 atom stereocenters. The summed E-state index contributed by atoms with van der Waals surface area (Å²) in [4.78, 5) is 14.8. The van der Waals surface area contributed by atoms with Crippen molar-refractivity contribution < 1.29 is 21.6 Å². The van der Waals surface area contributed by atoms with Crippen molar-refractivity contribution in [3.8, 4) is 0 Å². The Morgan fingerprint density at radius 1 is 1.21 bits per heavy atom. The Bertz CT molecular complexity index is 943. The standard InChI is InChI=1S/C19H29ClN2O5S2/c1-4-7-11-22(15-10-12-28(24,25)14-15)19(23)17-13-16(8-9-18(17)20)29(26,27)21(5-2)6-3/h8-9,13,15H,4-7,10-12,14H2,1-3H3. The molecule has 1 saturated heterocycles. The van der Waals surface area contributed by atoms with Gasteiger partial charge in [-0.1, -0.05) is 38.8 Å². The number of hydrogen-bond donors (Lipinski definition) is 0. The Hall–Kier alpha value is -1.16. The van der Waals surface area contributed by atoms with E-state index in [0.717, 1.165) is 12.8 Å². The van der Waals surface area contributed by atoms with Crippen LogP contribution in [0.15, 0.2) is 23.1 Å². The van der Waals surface area contributed by atoms with Crippen molar-refractivity contribution >= 4 is 37.4 Å². The first-order chi connectivity index (χ1) is 13.6. The van der Waals surface area contributed by atoms with Crippen molar-refractivity contribution in [2.24, 2.45) is 0 Å². The summed E-state index contributed by atoms with van der Waals surface area (Å²) in [6.07, 6.45) is 1.94. The molecule has 10 heteroatoms. The van der Waals surface area contributed by atoms with Gasteiger partial charge < -0.3 is 4.90 Å². The van der Waals surface area contributed by atoms with E-state index in [0.29, 0.717) is 26.1 Å². The lowest BCUT2D eigenvalue weighted by molar-refractivity contribution is 0.0694. The number of amides is 1. The van der Waals surface area contributed by atoms with Crippen molar-refractivity contribution in [2.75, 3.05) is 31.1 Å². The Labute approximate surface area is 179 Å². The highest BCUT2D eigenvalue weighted by atomic mass is 35.5. The van der Waals surface area contributed by atoms with Gasteiger partial charge in [-0.2, -0.15) is 4.31 Å². The van der Waals surface area contributed by atoms with Crippen LogP contribution in [0, 0.1) is 0 Å². The second-order valence-corrected chi connectivity index (χ2v) is 11.7. The van der Waals surface area contributed by atoms with E-state index in [4.69, 9.17) is 11.6 Å². The predicted octanol–water partition coefficient (Wildman–Crippen LogP) is 2.80. The van der Waals surface area contributed by atoms with E-state index in [1.54, 1.807) is 18.7 Å². The molecule has 1 fully saturated rings. The van der Waals surface area contributed by atoms with E-state index in [2.05, 4.69) is 0 Å². The third kappa shape index (κ3) is 5.51. The second kappa shape index (κ2) is 9.76. The minimum atomic E-state index is -3.75. The van der Waals surface area contributed by atoms with E-state index in [-0.39, 0.29) is 27.0 Å². The van der Waals surface area contributed by atoms with E-state index in [9.17, 15) is 21.6 Å². The minimum absolute atomic E-state index is 0.00318. The zero-order valence-corrected chi connectivity index (χ0v) is 19.5. The van der Waals surface area contributed by atoms with Crippen LogP contribution in [0.1, 0.15) is 50.4 Å². The predicted molar refractivity (Wildman–Crippen MR) is 115 cm³/mol. The average Bonchev–Trinajstić information content (AvgIpc) is 3.02. The van der Waals surface area contributed by atoms with Crippen molar-refractivity contribution in [1.29, 1.82) is 0 Å². The maximum Gasteiger partial charge on any atom is 0.255 e. The number of nitrogens with zero attached hydrogens (tertiary/aromatic N) is 2. The van der Waals surface area contributed by atoms with E-state index in [1.165, 1.54) is 22.5 Å². The van der Waals surface area contributed by atoms with Crippen LogP contribution in [0.5, 0.6) is 0 Å². The van der Waals surface area contributed by atoms with Crippen LogP contribution in [-0.2, 0) is 19.9 Å². The van der Waals surface area contributed by atoms with Gasteiger partial charge in [0, 0.05) is 25.7 Å². The molecular weight excluding hydrogens is 436 g/mol. The molecule has 0 bridgehead atoms. The Morgan fingerprint density at radius 2 is 1.86 bits per heavy atom. The number of hydrogen-bond acceptors (Lipinski definition) is 5. The number of rotatable bonds is 9. The quantitative estimate of drug-likeness (QED) is 0.560. The van der Waals surface area contributed by atoms with Gasteiger partial charge in [0.25, 0.3) is 5.91 Å². The van der Waals surface area contributed by atoms with Gasteiger partial charge in [-0.3, -0.25) is 4.79 Å². The monoisotopic (exact) mass is 464 g/mol. The van der Waals surface area contributed by atoms with Gasteiger partial charge in [0.05, 0.1) is 27.0 Å². The number of sulfone groups is 1. The fourth-order valence-electron chi connectivity index (χ4n) is 3.50. The Balaban J connectivity index is 2.43. The lowest BCUT2D eigenvalue weighted by atomic mass is 10.1. The second-order valence-electron chi connectivity index (χ2n) is 7.14. The fraction of sp³-hybridized carbons (Fsp3) is 0.632. The maximum atomic E-state index is 13.3. The SMILES string of the molecule is CCCCN(C(=O)c1cc(S(=O)(=O)N(CC)CC)ccc1Cl)C1CCS(=O)(=O)C1.